The molecule has 1 amide bonds. The lowest BCUT2D eigenvalue weighted by Crippen LogP contribution is -2.50. The highest BCUT2D eigenvalue weighted by atomic mass is 16.5. The molecule has 0 bridgehead atoms. The molecule has 0 saturated carbocycles. The number of fused-ring (bicyclic) bond motifs is 1. The van der Waals surface area contributed by atoms with Crippen LogP contribution in [-0.4, -0.2) is 38.3 Å². The van der Waals surface area contributed by atoms with Gasteiger partial charge in [0, 0.05) is 7.11 Å². The van der Waals surface area contributed by atoms with Gasteiger partial charge in [0.25, 0.3) is 0 Å². The van der Waals surface area contributed by atoms with Crippen molar-refractivity contribution in [3.63, 3.8) is 0 Å². The van der Waals surface area contributed by atoms with Crippen LogP contribution in [0.25, 0.3) is 0 Å². The Morgan fingerprint density at radius 2 is 2.39 bits per heavy atom. The molecule has 3 N–H and O–H groups in total. The maximum atomic E-state index is 11.7. The standard InChI is InChI=1S/C13H18N2O3/c1-17-8-11(14)13(16)15-10-6-9-4-2-3-5-12(9)18-7-10/h2-5,10-11H,6-8,14H2,1H3,(H,15,16). The molecular formula is C13H18N2O3. The summed E-state index contributed by atoms with van der Waals surface area (Å²) in [5, 5.41) is 2.88. The van der Waals surface area contributed by atoms with E-state index in [4.69, 9.17) is 15.2 Å². The van der Waals surface area contributed by atoms with E-state index in [0.717, 1.165) is 17.7 Å². The van der Waals surface area contributed by atoms with Crippen LogP contribution >= 0.6 is 0 Å². The second-order valence-electron chi connectivity index (χ2n) is 4.39. The molecule has 5 heteroatoms. The van der Waals surface area contributed by atoms with Gasteiger partial charge in [-0.2, -0.15) is 0 Å². The second kappa shape index (κ2) is 5.84. The Labute approximate surface area is 106 Å². The van der Waals surface area contributed by atoms with Gasteiger partial charge >= 0.3 is 0 Å². The number of nitrogens with two attached hydrogens (primary N) is 1. The van der Waals surface area contributed by atoms with E-state index in [1.165, 1.54) is 7.11 Å². The number of methoxy groups -OCH3 is 1. The third-order valence-electron chi connectivity index (χ3n) is 2.91. The highest BCUT2D eigenvalue weighted by Gasteiger charge is 2.23. The molecule has 0 fully saturated rings. The molecule has 1 aromatic rings. The van der Waals surface area contributed by atoms with Crippen molar-refractivity contribution in [1.29, 1.82) is 0 Å². The van der Waals surface area contributed by atoms with Gasteiger partial charge in [-0.1, -0.05) is 18.2 Å². The summed E-state index contributed by atoms with van der Waals surface area (Å²) in [5.74, 6) is 0.689. The van der Waals surface area contributed by atoms with Gasteiger partial charge in [0.15, 0.2) is 0 Å². The van der Waals surface area contributed by atoms with E-state index in [1.54, 1.807) is 0 Å². The lowest BCUT2D eigenvalue weighted by atomic mass is 10.0. The molecule has 0 spiro atoms. The molecule has 0 aliphatic carbocycles. The van der Waals surface area contributed by atoms with E-state index < -0.39 is 6.04 Å². The Bertz CT molecular complexity index is 422. The fourth-order valence-electron chi connectivity index (χ4n) is 1.98. The number of rotatable bonds is 4. The molecule has 1 aliphatic rings. The molecule has 0 radical (unpaired) electrons. The quantitative estimate of drug-likeness (QED) is 0.793. The Morgan fingerprint density at radius 3 is 3.17 bits per heavy atom. The van der Waals surface area contributed by atoms with E-state index in [2.05, 4.69) is 5.32 Å². The van der Waals surface area contributed by atoms with Crippen molar-refractivity contribution in [3.05, 3.63) is 29.8 Å². The molecule has 98 valence electrons. The van der Waals surface area contributed by atoms with Gasteiger partial charge in [0.1, 0.15) is 18.4 Å². The average Bonchev–Trinajstić information content (AvgIpc) is 2.39. The molecular weight excluding hydrogens is 232 g/mol. The van der Waals surface area contributed by atoms with Gasteiger partial charge in [-0.05, 0) is 18.1 Å². The number of carbonyl (C=O) groups is 1. The third kappa shape index (κ3) is 3.00. The number of hydrogen-bond acceptors (Lipinski definition) is 4. The zero-order valence-corrected chi connectivity index (χ0v) is 10.4. The molecule has 1 aliphatic heterocycles. The van der Waals surface area contributed by atoms with Crippen molar-refractivity contribution in [1.82, 2.24) is 5.32 Å². The minimum atomic E-state index is -0.632. The fourth-order valence-corrected chi connectivity index (χ4v) is 1.98. The number of hydrogen-bond donors (Lipinski definition) is 2. The molecule has 0 saturated heterocycles. The van der Waals surface area contributed by atoms with Gasteiger partial charge in [-0.25, -0.2) is 0 Å². The largest absolute Gasteiger partial charge is 0.491 e. The number of para-hydroxylation sites is 1. The summed E-state index contributed by atoms with van der Waals surface area (Å²) in [5.41, 5.74) is 6.77. The number of nitrogens with one attached hydrogen (secondary N) is 1. The lowest BCUT2D eigenvalue weighted by Gasteiger charge is -2.26. The fraction of sp³-hybridized carbons (Fsp3) is 0.462. The lowest BCUT2D eigenvalue weighted by molar-refractivity contribution is -0.124. The summed E-state index contributed by atoms with van der Waals surface area (Å²) in [6.07, 6.45) is 0.765. The summed E-state index contributed by atoms with van der Waals surface area (Å²) in [4.78, 5) is 11.7. The maximum absolute atomic E-state index is 11.7. The Hall–Kier alpha value is -1.59. The SMILES string of the molecule is COCC(N)C(=O)NC1COc2ccccc2C1. The number of amides is 1. The summed E-state index contributed by atoms with van der Waals surface area (Å²) in [7, 11) is 1.52. The van der Waals surface area contributed by atoms with Gasteiger partial charge in [0.2, 0.25) is 5.91 Å². The number of ether oxygens (including phenoxy) is 2. The van der Waals surface area contributed by atoms with Crippen molar-refractivity contribution in [3.8, 4) is 5.75 Å². The van der Waals surface area contributed by atoms with Crippen molar-refractivity contribution in [2.24, 2.45) is 5.73 Å². The van der Waals surface area contributed by atoms with Crippen LogP contribution in [0.2, 0.25) is 0 Å². The van der Waals surface area contributed by atoms with Crippen LogP contribution < -0.4 is 15.8 Å². The van der Waals surface area contributed by atoms with E-state index >= 15 is 0 Å². The zero-order valence-electron chi connectivity index (χ0n) is 10.4. The van der Waals surface area contributed by atoms with Crippen molar-refractivity contribution >= 4 is 5.91 Å². The maximum Gasteiger partial charge on any atom is 0.239 e. The molecule has 1 heterocycles. The van der Waals surface area contributed by atoms with Crippen molar-refractivity contribution in [2.45, 2.75) is 18.5 Å². The zero-order chi connectivity index (χ0) is 13.0. The smallest absolute Gasteiger partial charge is 0.239 e. The third-order valence-corrected chi connectivity index (χ3v) is 2.91. The summed E-state index contributed by atoms with van der Waals surface area (Å²) < 4.78 is 10.4. The van der Waals surface area contributed by atoms with E-state index in [9.17, 15) is 4.79 Å². The minimum absolute atomic E-state index is 0.0321. The molecule has 5 nitrogen and oxygen atoms in total. The monoisotopic (exact) mass is 250 g/mol. The Morgan fingerprint density at radius 1 is 1.61 bits per heavy atom. The normalized spacial score (nSPS) is 19.6. The van der Waals surface area contributed by atoms with Gasteiger partial charge in [0.05, 0.1) is 12.6 Å². The van der Waals surface area contributed by atoms with Crippen molar-refractivity contribution < 1.29 is 14.3 Å². The van der Waals surface area contributed by atoms with Crippen LogP contribution in [0.3, 0.4) is 0 Å². The van der Waals surface area contributed by atoms with Crippen LogP contribution in [0.15, 0.2) is 24.3 Å². The predicted octanol–water partition coefficient (Wildman–Crippen LogP) is 0.0800. The first kappa shape index (κ1) is 12.9. The van der Waals surface area contributed by atoms with Gasteiger partial charge in [-0.3, -0.25) is 4.79 Å². The van der Waals surface area contributed by atoms with Crippen molar-refractivity contribution in [2.75, 3.05) is 20.3 Å². The summed E-state index contributed by atoms with van der Waals surface area (Å²) in [6.45, 7) is 0.693. The highest BCUT2D eigenvalue weighted by Crippen LogP contribution is 2.23. The van der Waals surface area contributed by atoms with E-state index in [1.807, 2.05) is 24.3 Å². The molecule has 2 rings (SSSR count). The van der Waals surface area contributed by atoms with Crippen LogP contribution in [0.5, 0.6) is 5.75 Å². The van der Waals surface area contributed by atoms with Gasteiger partial charge in [-0.15, -0.1) is 0 Å². The Balaban J connectivity index is 1.92. The van der Waals surface area contributed by atoms with E-state index in [-0.39, 0.29) is 18.6 Å². The van der Waals surface area contributed by atoms with Crippen LogP contribution in [0, 0.1) is 0 Å². The summed E-state index contributed by atoms with van der Waals surface area (Å²) in [6, 6.07) is 7.17. The van der Waals surface area contributed by atoms with Crippen LogP contribution in [0.1, 0.15) is 5.56 Å². The topological polar surface area (TPSA) is 73.6 Å². The second-order valence-corrected chi connectivity index (χ2v) is 4.39. The van der Waals surface area contributed by atoms with Crippen LogP contribution in [0.4, 0.5) is 0 Å². The predicted molar refractivity (Wildman–Crippen MR) is 67.4 cm³/mol. The number of benzene rings is 1. The van der Waals surface area contributed by atoms with E-state index in [0.29, 0.717) is 6.61 Å². The molecule has 1 aromatic carbocycles. The van der Waals surface area contributed by atoms with Crippen LogP contribution in [-0.2, 0) is 16.0 Å². The number of carbonyl (C=O) groups excluding carboxylic acids is 1. The Kier molecular flexibility index (Phi) is 4.17. The molecule has 2 atom stereocenters. The highest BCUT2D eigenvalue weighted by molar-refractivity contribution is 5.82. The first-order valence-corrected chi connectivity index (χ1v) is 5.96. The average molecular weight is 250 g/mol. The minimum Gasteiger partial charge on any atom is -0.491 e. The van der Waals surface area contributed by atoms with Gasteiger partial charge < -0.3 is 20.5 Å². The first-order chi connectivity index (χ1) is 8.70. The molecule has 2 unspecified atom stereocenters. The summed E-state index contributed by atoms with van der Waals surface area (Å²) >= 11 is 0. The molecule has 0 aromatic heterocycles. The first-order valence-electron chi connectivity index (χ1n) is 5.96. The molecule has 18 heavy (non-hydrogen) atoms.